The van der Waals surface area contributed by atoms with Crippen molar-refractivity contribution in [1.29, 1.82) is 0 Å². The highest BCUT2D eigenvalue weighted by atomic mass is 32.2. The van der Waals surface area contributed by atoms with Gasteiger partial charge in [-0.2, -0.15) is 0 Å². The van der Waals surface area contributed by atoms with Crippen molar-refractivity contribution in [2.45, 2.75) is 93.7 Å². The van der Waals surface area contributed by atoms with E-state index in [0.29, 0.717) is 60.1 Å². The van der Waals surface area contributed by atoms with Crippen LogP contribution >= 0.6 is 11.8 Å². The molecule has 9 heterocycles. The number of thioether (sulfide) groups is 1. The summed E-state index contributed by atoms with van der Waals surface area (Å²) in [6.45, 7) is 9.93. The molecule has 306 valence electrons. The van der Waals surface area contributed by atoms with E-state index in [9.17, 15) is 15.0 Å². The fourth-order valence-corrected chi connectivity index (χ4v) is 14.6. The second-order valence-corrected chi connectivity index (χ2v) is 19.1. The van der Waals surface area contributed by atoms with Crippen molar-refractivity contribution in [3.8, 4) is 17.2 Å². The van der Waals surface area contributed by atoms with Crippen LogP contribution < -0.4 is 25.3 Å². The molecular formula is C43H49N5O9S. The van der Waals surface area contributed by atoms with E-state index < -0.39 is 51.5 Å². The Morgan fingerprint density at radius 3 is 2.67 bits per heavy atom. The highest BCUT2D eigenvalue weighted by Crippen LogP contribution is 2.72. The summed E-state index contributed by atoms with van der Waals surface area (Å²) in [5.41, 5.74) is 7.84. The van der Waals surface area contributed by atoms with E-state index in [2.05, 4.69) is 46.1 Å². The Hall–Kier alpha value is -4.25. The Morgan fingerprint density at radius 1 is 1.14 bits per heavy atom. The van der Waals surface area contributed by atoms with Gasteiger partial charge in [0.05, 0.1) is 29.5 Å². The third-order valence-corrected chi connectivity index (χ3v) is 16.5. The number of nitrogens with two attached hydrogens (primary N) is 1. The number of methoxy groups -OCH3 is 1. The predicted molar refractivity (Wildman–Crippen MR) is 213 cm³/mol. The molecule has 0 saturated carbocycles. The number of β-amino-alcohol motifs (C(OH)–C–C–N with tert-alkyl or cyclic N) is 1. The average molecular weight is 812 g/mol. The summed E-state index contributed by atoms with van der Waals surface area (Å²) in [6, 6.07) is 6.18. The normalized spacial score (nSPS) is 38.3. The maximum absolute atomic E-state index is 15.1. The number of hydrogen-bond acceptors (Lipinski definition) is 14. The maximum Gasteiger partial charge on any atom is 0.333 e. The fraction of sp³-hybridized carbons (Fsp3) is 0.535. The lowest BCUT2D eigenvalue weighted by Gasteiger charge is -2.61. The molecule has 0 radical (unpaired) electrons. The van der Waals surface area contributed by atoms with Crippen molar-refractivity contribution in [3.63, 3.8) is 0 Å². The van der Waals surface area contributed by atoms with Crippen LogP contribution in [-0.2, 0) is 31.0 Å². The van der Waals surface area contributed by atoms with Crippen molar-refractivity contribution in [3.05, 3.63) is 75.4 Å². The minimum Gasteiger partial charge on any atom is -0.508 e. The lowest BCUT2D eigenvalue weighted by molar-refractivity contribution is -0.204. The Kier molecular flexibility index (Phi) is 7.58. The summed E-state index contributed by atoms with van der Waals surface area (Å²) in [6.07, 6.45) is 3.21. The number of carbonyl (C=O) groups is 2. The van der Waals surface area contributed by atoms with Gasteiger partial charge in [0.2, 0.25) is 6.79 Å². The Labute approximate surface area is 340 Å². The van der Waals surface area contributed by atoms with Crippen molar-refractivity contribution in [1.82, 2.24) is 20.1 Å². The van der Waals surface area contributed by atoms with E-state index in [0.717, 1.165) is 33.3 Å². The molecule has 8 aliphatic heterocycles. The molecule has 9 aliphatic rings. The molecule has 4 fully saturated rings. The Balaban J connectivity index is 1.19. The second kappa shape index (κ2) is 11.9. The number of hydrogen-bond donors (Lipinski definition) is 5. The zero-order chi connectivity index (χ0) is 40.4. The third-order valence-electron chi connectivity index (χ3n) is 15.0. The molecule has 1 aliphatic carbocycles. The number of benzene rings is 2. The molecule has 2 aromatic carbocycles. The van der Waals surface area contributed by atoms with Gasteiger partial charge in [-0.25, -0.2) is 4.79 Å². The second-order valence-electron chi connectivity index (χ2n) is 18.0. The zero-order valence-corrected chi connectivity index (χ0v) is 34.2. The van der Waals surface area contributed by atoms with E-state index in [1.54, 1.807) is 18.9 Å². The molecular weight excluding hydrogens is 763 g/mol. The number of aliphatic hydroxyl groups excluding tert-OH is 1. The lowest BCUT2D eigenvalue weighted by Crippen LogP contribution is -2.72. The molecule has 12 rings (SSSR count). The monoisotopic (exact) mass is 811 g/mol. The van der Waals surface area contributed by atoms with Crippen LogP contribution in [0.15, 0.2) is 47.4 Å². The number of aliphatic hydroxyl groups is 2. The van der Waals surface area contributed by atoms with Gasteiger partial charge in [0.15, 0.2) is 22.8 Å². The number of ether oxygens (including phenoxy) is 5. The van der Waals surface area contributed by atoms with Crippen LogP contribution in [0.2, 0.25) is 0 Å². The van der Waals surface area contributed by atoms with Gasteiger partial charge in [0.25, 0.3) is 0 Å². The number of nitrogens with zero attached hydrogens (tertiary/aromatic N) is 2. The molecule has 3 aromatic rings. The summed E-state index contributed by atoms with van der Waals surface area (Å²) in [7, 11) is 1.59. The van der Waals surface area contributed by atoms with E-state index in [-0.39, 0.29) is 42.9 Å². The third kappa shape index (κ3) is 4.32. The number of piperazine rings is 1. The topological polar surface area (TPSA) is 181 Å². The van der Waals surface area contributed by atoms with Crippen LogP contribution in [-0.4, -0.2) is 106 Å². The molecule has 4 unspecified atom stereocenters. The Bertz CT molecular complexity index is 2430. The fourth-order valence-electron chi connectivity index (χ4n) is 13.0. The largest absolute Gasteiger partial charge is 0.508 e. The number of esters is 2. The summed E-state index contributed by atoms with van der Waals surface area (Å²) in [5.74, 6) is 1.03. The summed E-state index contributed by atoms with van der Waals surface area (Å²) < 4.78 is 31.2. The molecule has 1 spiro atoms. The average Bonchev–Trinajstić information content (AvgIpc) is 3.93. The first-order chi connectivity index (χ1) is 27.7. The van der Waals surface area contributed by atoms with E-state index in [1.807, 2.05) is 32.0 Å². The van der Waals surface area contributed by atoms with Crippen molar-refractivity contribution < 1.29 is 43.5 Å². The van der Waals surface area contributed by atoms with Crippen LogP contribution in [0.5, 0.6) is 17.2 Å². The lowest BCUT2D eigenvalue weighted by atomic mass is 9.59. The standard InChI is InChI=1S/C43H49N5O9S/c1-19-11-27-40(4)15-42(52)16-47(40)37(41(27,5)38(50)31(19)53-6)30-35-29-28(34-33(55-18-56-34)20(2)32(29)57-21(3)49)26(48(30)42)14-54-39(51)43(17-58-35)36-24(12-22(13-44)46-43)23-9-7-8-10-25(23)45-36/h7-11,22,26-27,30,35,37,45-46,50,52H,12-18,44H2,1-6H3/t22-,26+,27?,30+,35-,37?,40-,41?,42?,43-/m1/s1. The molecule has 4 bridgehead atoms. The number of allylic oxidation sites excluding steroid dienone is 1. The van der Waals surface area contributed by atoms with Gasteiger partial charge < -0.3 is 44.6 Å². The molecule has 1 aromatic heterocycles. The number of nitrogens with one attached hydrogen (secondary N) is 2. The number of H-pyrrole nitrogens is 1. The first-order valence-electron chi connectivity index (χ1n) is 20.2. The van der Waals surface area contributed by atoms with Gasteiger partial charge >= 0.3 is 11.9 Å². The van der Waals surface area contributed by atoms with Crippen LogP contribution in [0.4, 0.5) is 0 Å². The highest BCUT2D eigenvalue weighted by Gasteiger charge is 2.78. The summed E-state index contributed by atoms with van der Waals surface area (Å²) in [5, 5.41) is 29.9. The van der Waals surface area contributed by atoms with Crippen molar-refractivity contribution >= 4 is 34.6 Å². The molecule has 6 N–H and O–H groups in total. The number of carbonyl (C=O) groups excluding carboxylic acids is 2. The van der Waals surface area contributed by atoms with Crippen LogP contribution in [0, 0.1) is 18.3 Å². The number of para-hydroxylation sites is 1. The smallest absolute Gasteiger partial charge is 0.333 e. The van der Waals surface area contributed by atoms with Gasteiger partial charge in [0, 0.05) is 89.4 Å². The SMILES string of the molecule is COC1=C(O)C2(C)C3[C@@H]4[C@@H]5SC[C@]6(N[C@@H](CN)Cc7c6[nH]c6ccccc76)C(=O)OC[C@@H](c6c7c(c(C)c(OC(C)=O)c65)OCO7)N4C4(O)CN3[C@](C)(C4)C2C=C1C. The molecule has 4 saturated heterocycles. The number of aromatic amines is 1. The van der Waals surface area contributed by atoms with Crippen LogP contribution in [0.25, 0.3) is 10.9 Å². The molecule has 58 heavy (non-hydrogen) atoms. The Morgan fingerprint density at radius 2 is 1.91 bits per heavy atom. The van der Waals surface area contributed by atoms with Crippen LogP contribution in [0.1, 0.15) is 73.4 Å². The van der Waals surface area contributed by atoms with E-state index >= 15 is 4.79 Å². The van der Waals surface area contributed by atoms with Gasteiger partial charge in [-0.05, 0) is 44.4 Å². The van der Waals surface area contributed by atoms with E-state index in [1.165, 1.54) is 6.92 Å². The minimum atomic E-state index is -1.37. The van der Waals surface area contributed by atoms with Gasteiger partial charge in [-0.3, -0.25) is 19.9 Å². The number of rotatable bonds is 3. The zero-order valence-electron chi connectivity index (χ0n) is 33.4. The first kappa shape index (κ1) is 36.8. The number of fused-ring (bicyclic) bond motifs is 11. The molecule has 10 atom stereocenters. The van der Waals surface area contributed by atoms with Gasteiger partial charge in [-0.15, -0.1) is 11.8 Å². The van der Waals surface area contributed by atoms with Crippen molar-refractivity contribution in [2.24, 2.45) is 17.1 Å². The van der Waals surface area contributed by atoms with Gasteiger partial charge in [0.1, 0.15) is 23.8 Å². The first-order valence-corrected chi connectivity index (χ1v) is 21.2. The quantitative estimate of drug-likeness (QED) is 0.189. The maximum atomic E-state index is 15.1. The summed E-state index contributed by atoms with van der Waals surface area (Å²) >= 11 is 1.55. The predicted octanol–water partition coefficient (Wildman–Crippen LogP) is 4.10. The molecule has 15 heteroatoms. The molecule has 14 nitrogen and oxygen atoms in total. The van der Waals surface area contributed by atoms with Gasteiger partial charge in [-0.1, -0.05) is 31.2 Å². The molecule has 0 amide bonds. The van der Waals surface area contributed by atoms with Crippen molar-refractivity contribution in [2.75, 3.05) is 39.4 Å². The van der Waals surface area contributed by atoms with E-state index in [4.69, 9.17) is 29.4 Å². The highest BCUT2D eigenvalue weighted by molar-refractivity contribution is 7.99. The minimum absolute atomic E-state index is 0.0425. The summed E-state index contributed by atoms with van der Waals surface area (Å²) in [4.78, 5) is 36.4. The van der Waals surface area contributed by atoms with Crippen LogP contribution in [0.3, 0.4) is 0 Å². The number of aromatic nitrogens is 1.